The molecule has 2 fully saturated rings. The van der Waals surface area contributed by atoms with E-state index in [2.05, 4.69) is 41.2 Å². The van der Waals surface area contributed by atoms with Crippen LogP contribution in [0.3, 0.4) is 0 Å². The van der Waals surface area contributed by atoms with E-state index in [0.717, 1.165) is 19.1 Å². The number of rotatable bonds is 3. The molecule has 0 radical (unpaired) electrons. The van der Waals surface area contributed by atoms with E-state index in [1.165, 1.54) is 37.8 Å². The van der Waals surface area contributed by atoms with E-state index in [1.807, 2.05) is 12.4 Å². The first kappa shape index (κ1) is 13.9. The van der Waals surface area contributed by atoms with Gasteiger partial charge in [-0.25, -0.2) is 0 Å². The Labute approximate surface area is 122 Å². The highest BCUT2D eigenvalue weighted by atomic mass is 15.1. The number of aromatic nitrogens is 1. The van der Waals surface area contributed by atoms with Crippen molar-refractivity contribution >= 4 is 5.69 Å². The summed E-state index contributed by atoms with van der Waals surface area (Å²) in [5, 5.41) is 3.91. The maximum atomic E-state index is 4.10. The second kappa shape index (κ2) is 5.72. The van der Waals surface area contributed by atoms with E-state index < -0.39 is 0 Å². The molecule has 1 aliphatic heterocycles. The lowest BCUT2D eigenvalue weighted by Gasteiger charge is -2.35. The number of nitrogens with one attached hydrogen (secondary N) is 1. The van der Waals surface area contributed by atoms with Crippen molar-refractivity contribution in [1.82, 2.24) is 10.3 Å². The SMILES string of the molecule is CC1(C)CCC(NC2CCN(c3ccncc3)CC2)C1. The number of piperidine rings is 1. The van der Waals surface area contributed by atoms with Gasteiger partial charge >= 0.3 is 0 Å². The fourth-order valence-electron chi connectivity index (χ4n) is 3.77. The van der Waals surface area contributed by atoms with E-state index in [9.17, 15) is 0 Å². The summed E-state index contributed by atoms with van der Waals surface area (Å²) in [5.74, 6) is 0. The minimum Gasteiger partial charge on any atom is -0.371 e. The molecule has 2 heterocycles. The molecule has 1 N–H and O–H groups in total. The number of nitrogens with zero attached hydrogens (tertiary/aromatic N) is 2. The molecular weight excluding hydrogens is 246 g/mol. The lowest BCUT2D eigenvalue weighted by molar-refractivity contribution is 0.331. The molecule has 1 aromatic heterocycles. The van der Waals surface area contributed by atoms with Gasteiger partial charge in [0.15, 0.2) is 0 Å². The van der Waals surface area contributed by atoms with Crippen molar-refractivity contribution in [2.75, 3.05) is 18.0 Å². The van der Waals surface area contributed by atoms with Crippen LogP contribution in [-0.2, 0) is 0 Å². The van der Waals surface area contributed by atoms with E-state index in [1.54, 1.807) is 0 Å². The lowest BCUT2D eigenvalue weighted by Crippen LogP contribution is -2.45. The molecule has 1 aliphatic carbocycles. The number of hydrogen-bond acceptors (Lipinski definition) is 3. The molecule has 0 bridgehead atoms. The number of hydrogen-bond donors (Lipinski definition) is 1. The molecule has 1 saturated heterocycles. The van der Waals surface area contributed by atoms with Crippen molar-refractivity contribution in [3.8, 4) is 0 Å². The minimum absolute atomic E-state index is 0.551. The van der Waals surface area contributed by atoms with Crippen molar-refractivity contribution in [3.63, 3.8) is 0 Å². The summed E-state index contributed by atoms with van der Waals surface area (Å²) in [7, 11) is 0. The van der Waals surface area contributed by atoms with Crippen LogP contribution < -0.4 is 10.2 Å². The van der Waals surface area contributed by atoms with Gasteiger partial charge in [0.25, 0.3) is 0 Å². The molecule has 1 unspecified atom stereocenters. The molecule has 1 aromatic rings. The summed E-state index contributed by atoms with van der Waals surface area (Å²) in [6, 6.07) is 5.70. The van der Waals surface area contributed by atoms with Crippen LogP contribution in [0.5, 0.6) is 0 Å². The monoisotopic (exact) mass is 273 g/mol. The van der Waals surface area contributed by atoms with Gasteiger partial charge in [0.2, 0.25) is 0 Å². The van der Waals surface area contributed by atoms with Gasteiger partial charge in [-0.05, 0) is 49.7 Å². The van der Waals surface area contributed by atoms with Crippen molar-refractivity contribution in [2.24, 2.45) is 5.41 Å². The fraction of sp³-hybridized carbons (Fsp3) is 0.706. The van der Waals surface area contributed by atoms with Gasteiger partial charge in [0.1, 0.15) is 0 Å². The van der Waals surface area contributed by atoms with Crippen LogP contribution in [-0.4, -0.2) is 30.2 Å². The van der Waals surface area contributed by atoms with Crippen LogP contribution in [0.1, 0.15) is 46.0 Å². The molecule has 1 atom stereocenters. The smallest absolute Gasteiger partial charge is 0.0397 e. The molecule has 3 rings (SSSR count). The van der Waals surface area contributed by atoms with E-state index in [4.69, 9.17) is 0 Å². The molecule has 3 heteroatoms. The second-order valence-electron chi connectivity index (χ2n) is 7.24. The zero-order valence-corrected chi connectivity index (χ0v) is 12.8. The summed E-state index contributed by atoms with van der Waals surface area (Å²) in [6.45, 7) is 7.14. The van der Waals surface area contributed by atoms with E-state index in [-0.39, 0.29) is 0 Å². The largest absolute Gasteiger partial charge is 0.371 e. The Hall–Kier alpha value is -1.09. The highest BCUT2D eigenvalue weighted by molar-refractivity contribution is 5.44. The predicted molar refractivity (Wildman–Crippen MR) is 84.0 cm³/mol. The Bertz CT molecular complexity index is 421. The Kier molecular flexibility index (Phi) is 3.97. The maximum Gasteiger partial charge on any atom is 0.0397 e. The second-order valence-corrected chi connectivity index (χ2v) is 7.24. The molecule has 0 aromatic carbocycles. The fourth-order valence-corrected chi connectivity index (χ4v) is 3.77. The third-order valence-corrected chi connectivity index (χ3v) is 4.96. The van der Waals surface area contributed by atoms with Crippen LogP contribution in [0.4, 0.5) is 5.69 Å². The van der Waals surface area contributed by atoms with Gasteiger partial charge in [-0.3, -0.25) is 4.98 Å². The third-order valence-electron chi connectivity index (χ3n) is 4.96. The zero-order chi connectivity index (χ0) is 14.0. The Balaban J connectivity index is 1.47. The summed E-state index contributed by atoms with van der Waals surface area (Å²) in [5.41, 5.74) is 1.87. The minimum atomic E-state index is 0.551. The van der Waals surface area contributed by atoms with Gasteiger partial charge in [0, 0.05) is 43.3 Å². The van der Waals surface area contributed by atoms with Gasteiger partial charge in [-0.1, -0.05) is 13.8 Å². The summed E-state index contributed by atoms with van der Waals surface area (Å²) in [4.78, 5) is 6.58. The number of anilines is 1. The van der Waals surface area contributed by atoms with Gasteiger partial charge in [-0.2, -0.15) is 0 Å². The van der Waals surface area contributed by atoms with E-state index in [0.29, 0.717) is 11.5 Å². The molecule has 0 spiro atoms. The Morgan fingerprint density at radius 3 is 2.40 bits per heavy atom. The average Bonchev–Trinajstić information content (AvgIpc) is 2.80. The van der Waals surface area contributed by atoms with Crippen molar-refractivity contribution in [2.45, 2.75) is 58.0 Å². The quantitative estimate of drug-likeness (QED) is 0.916. The van der Waals surface area contributed by atoms with Crippen LogP contribution in [0, 0.1) is 5.41 Å². The zero-order valence-electron chi connectivity index (χ0n) is 12.8. The Morgan fingerprint density at radius 1 is 1.10 bits per heavy atom. The van der Waals surface area contributed by atoms with Crippen LogP contribution in [0.25, 0.3) is 0 Å². The molecule has 2 aliphatic rings. The highest BCUT2D eigenvalue weighted by Gasteiger charge is 2.32. The molecule has 1 saturated carbocycles. The maximum absolute atomic E-state index is 4.10. The van der Waals surface area contributed by atoms with Crippen molar-refractivity contribution < 1.29 is 0 Å². The van der Waals surface area contributed by atoms with Gasteiger partial charge < -0.3 is 10.2 Å². The van der Waals surface area contributed by atoms with Gasteiger partial charge in [-0.15, -0.1) is 0 Å². The van der Waals surface area contributed by atoms with E-state index >= 15 is 0 Å². The van der Waals surface area contributed by atoms with Gasteiger partial charge in [0.05, 0.1) is 0 Å². The van der Waals surface area contributed by atoms with Crippen LogP contribution >= 0.6 is 0 Å². The van der Waals surface area contributed by atoms with Crippen molar-refractivity contribution in [1.29, 1.82) is 0 Å². The first-order valence-electron chi connectivity index (χ1n) is 8.03. The first-order valence-corrected chi connectivity index (χ1v) is 8.03. The lowest BCUT2D eigenvalue weighted by atomic mass is 9.91. The summed E-state index contributed by atoms with van der Waals surface area (Å²) in [6.07, 6.45) is 10.4. The predicted octanol–water partition coefficient (Wildman–Crippen LogP) is 3.22. The topological polar surface area (TPSA) is 28.2 Å². The molecule has 110 valence electrons. The number of pyridine rings is 1. The summed E-state index contributed by atoms with van der Waals surface area (Å²) >= 11 is 0. The normalized spacial score (nSPS) is 26.9. The van der Waals surface area contributed by atoms with Crippen molar-refractivity contribution in [3.05, 3.63) is 24.5 Å². The highest BCUT2D eigenvalue weighted by Crippen LogP contribution is 2.37. The standard InChI is InChI=1S/C17H27N3/c1-17(2)8-3-15(13-17)19-14-6-11-20(12-7-14)16-4-9-18-10-5-16/h4-5,9-10,14-15,19H,3,6-8,11-13H2,1-2H3. The third kappa shape index (κ3) is 3.32. The molecular formula is C17H27N3. The van der Waals surface area contributed by atoms with Crippen LogP contribution in [0.15, 0.2) is 24.5 Å². The first-order chi connectivity index (χ1) is 9.62. The summed E-state index contributed by atoms with van der Waals surface area (Å²) < 4.78 is 0. The molecule has 0 amide bonds. The molecule has 20 heavy (non-hydrogen) atoms. The Morgan fingerprint density at radius 2 is 1.80 bits per heavy atom. The molecule has 3 nitrogen and oxygen atoms in total. The van der Waals surface area contributed by atoms with Crippen LogP contribution in [0.2, 0.25) is 0 Å². The average molecular weight is 273 g/mol.